The van der Waals surface area contributed by atoms with E-state index < -0.39 is 0 Å². The van der Waals surface area contributed by atoms with Crippen molar-refractivity contribution in [3.63, 3.8) is 0 Å². The molecule has 0 saturated carbocycles. The average molecular weight is 270 g/mol. The molecule has 0 radical (unpaired) electrons. The van der Waals surface area contributed by atoms with Gasteiger partial charge in [-0.05, 0) is 18.2 Å². The van der Waals surface area contributed by atoms with Crippen LogP contribution < -0.4 is 0 Å². The number of phenolic OH excluding ortho intramolecular Hbond substituents is 1. The molecule has 2 aromatic rings. The lowest BCUT2D eigenvalue weighted by molar-refractivity contribution is 0.0979. The minimum atomic E-state index is -0.217. The van der Waals surface area contributed by atoms with Gasteiger partial charge >= 0.3 is 0 Å². The van der Waals surface area contributed by atoms with Gasteiger partial charge in [-0.25, -0.2) is 0 Å². The topological polar surface area (TPSA) is 54.4 Å². The second kappa shape index (κ2) is 6.15. The van der Waals surface area contributed by atoms with Crippen LogP contribution in [0.3, 0.4) is 0 Å². The Labute approximate surface area is 118 Å². The van der Waals surface area contributed by atoms with Crippen LogP contribution in [0.25, 0.3) is 0 Å². The summed E-state index contributed by atoms with van der Waals surface area (Å²) in [6.07, 6.45) is 0. The zero-order chi connectivity index (χ0) is 14.0. The first-order chi connectivity index (χ1) is 9.18. The Bertz CT molecular complexity index is 657. The molecule has 0 bridgehead atoms. The maximum atomic E-state index is 12.1. The van der Waals surface area contributed by atoms with Crippen LogP contribution in [0.1, 0.15) is 53.1 Å². The van der Waals surface area contributed by atoms with Gasteiger partial charge in [-0.3, -0.25) is 9.59 Å². The Morgan fingerprint density at radius 1 is 0.750 bits per heavy atom. The molecule has 2 aromatic carbocycles. The lowest BCUT2D eigenvalue weighted by Gasteiger charge is -2.16. The van der Waals surface area contributed by atoms with Gasteiger partial charge in [0.15, 0.2) is 11.6 Å². The van der Waals surface area contributed by atoms with E-state index in [-0.39, 0.29) is 30.3 Å². The Hall–Kier alpha value is -2.42. The Morgan fingerprint density at radius 2 is 1.20 bits per heavy atom. The number of phenols is 1. The smallest absolute Gasteiger partial charge is 0.194 e. The molecule has 0 heterocycles. The molecule has 20 heavy (non-hydrogen) atoms. The summed E-state index contributed by atoms with van der Waals surface area (Å²) in [5.74, 6) is -0.398. The summed E-state index contributed by atoms with van der Waals surface area (Å²) in [6, 6.07) is 11.0. The van der Waals surface area contributed by atoms with Crippen molar-refractivity contribution in [3.8, 4) is 5.75 Å². The number of aromatic hydroxyl groups is 1. The van der Waals surface area contributed by atoms with Crippen molar-refractivity contribution in [1.82, 2.24) is 0 Å². The molecule has 0 fully saturated rings. The standard InChI is InChI=1S/C14H8O3.C2H6.CH4/c15-8-5-6-11-12(7-8)14(17)10-4-2-1-3-9(10)13(11)16;1-2;/h1-7,15H;1-2H3;1H4. The first kappa shape index (κ1) is 15.6. The predicted molar refractivity (Wildman–Crippen MR) is 79.5 cm³/mol. The molecule has 3 nitrogen and oxygen atoms in total. The fraction of sp³-hybridized carbons (Fsp3) is 0.176. The van der Waals surface area contributed by atoms with Gasteiger partial charge in [0.2, 0.25) is 0 Å². The van der Waals surface area contributed by atoms with Gasteiger partial charge in [-0.1, -0.05) is 45.5 Å². The molecule has 1 aliphatic rings. The summed E-state index contributed by atoms with van der Waals surface area (Å²) in [6.45, 7) is 4.00. The Balaban J connectivity index is 0.000000639. The zero-order valence-corrected chi connectivity index (χ0v) is 10.8. The van der Waals surface area contributed by atoms with Gasteiger partial charge in [0.1, 0.15) is 5.75 Å². The molecular formula is C17H18O3. The van der Waals surface area contributed by atoms with Crippen LogP contribution in [0.5, 0.6) is 5.75 Å². The second-order valence-electron chi connectivity index (χ2n) is 3.93. The second-order valence-corrected chi connectivity index (χ2v) is 3.93. The van der Waals surface area contributed by atoms with Gasteiger partial charge in [0, 0.05) is 22.3 Å². The van der Waals surface area contributed by atoms with E-state index >= 15 is 0 Å². The zero-order valence-electron chi connectivity index (χ0n) is 10.8. The third-order valence-electron chi connectivity index (χ3n) is 2.91. The summed E-state index contributed by atoms with van der Waals surface area (Å²) in [5.41, 5.74) is 1.45. The molecule has 0 unspecified atom stereocenters. The first-order valence-corrected chi connectivity index (χ1v) is 6.20. The molecule has 1 N–H and O–H groups in total. The maximum Gasteiger partial charge on any atom is 0.194 e. The van der Waals surface area contributed by atoms with Gasteiger partial charge in [-0.15, -0.1) is 0 Å². The number of rotatable bonds is 0. The van der Waals surface area contributed by atoms with Crippen LogP contribution in [0.4, 0.5) is 0 Å². The van der Waals surface area contributed by atoms with Gasteiger partial charge < -0.3 is 5.11 Å². The highest BCUT2D eigenvalue weighted by molar-refractivity contribution is 6.28. The molecular weight excluding hydrogens is 252 g/mol. The number of fused-ring (bicyclic) bond motifs is 2. The number of carbonyl (C=O) groups excluding carboxylic acids is 2. The van der Waals surface area contributed by atoms with E-state index in [1.54, 1.807) is 24.3 Å². The SMILES string of the molecule is C.CC.O=C1c2ccccc2C(=O)c2cc(O)ccc21. The van der Waals surface area contributed by atoms with Crippen LogP contribution in [0.15, 0.2) is 42.5 Å². The lowest BCUT2D eigenvalue weighted by Crippen LogP contribution is -2.20. The molecule has 3 heteroatoms. The number of hydrogen-bond donors (Lipinski definition) is 1. The molecule has 0 saturated heterocycles. The fourth-order valence-corrected chi connectivity index (χ4v) is 2.09. The largest absolute Gasteiger partial charge is 0.508 e. The third kappa shape index (κ3) is 2.35. The van der Waals surface area contributed by atoms with Crippen molar-refractivity contribution in [3.05, 3.63) is 64.7 Å². The molecule has 104 valence electrons. The summed E-state index contributed by atoms with van der Waals surface area (Å²) in [5, 5.41) is 9.38. The predicted octanol–water partition coefficient (Wildman–Crippen LogP) is 3.83. The van der Waals surface area contributed by atoms with Crippen LogP contribution in [0, 0.1) is 0 Å². The molecule has 0 atom stereocenters. The normalized spacial score (nSPS) is 11.5. The summed E-state index contributed by atoms with van der Waals surface area (Å²) in [7, 11) is 0. The minimum Gasteiger partial charge on any atom is -0.508 e. The van der Waals surface area contributed by atoms with Crippen molar-refractivity contribution in [1.29, 1.82) is 0 Å². The van der Waals surface area contributed by atoms with Gasteiger partial charge in [-0.2, -0.15) is 0 Å². The summed E-state index contributed by atoms with van der Waals surface area (Å²) < 4.78 is 0. The van der Waals surface area contributed by atoms with Crippen molar-refractivity contribution < 1.29 is 14.7 Å². The molecule has 0 aromatic heterocycles. The van der Waals surface area contributed by atoms with E-state index in [1.165, 1.54) is 18.2 Å². The van der Waals surface area contributed by atoms with E-state index in [0.29, 0.717) is 16.7 Å². The lowest BCUT2D eigenvalue weighted by atomic mass is 9.84. The molecule has 0 amide bonds. The van der Waals surface area contributed by atoms with E-state index in [4.69, 9.17) is 0 Å². The van der Waals surface area contributed by atoms with E-state index in [1.807, 2.05) is 13.8 Å². The Kier molecular flexibility index (Phi) is 4.81. The van der Waals surface area contributed by atoms with Crippen LogP contribution in [0.2, 0.25) is 0 Å². The summed E-state index contributed by atoms with van der Waals surface area (Å²) >= 11 is 0. The number of hydrogen-bond acceptors (Lipinski definition) is 3. The van der Waals surface area contributed by atoms with Crippen molar-refractivity contribution >= 4 is 11.6 Å². The van der Waals surface area contributed by atoms with E-state index in [2.05, 4.69) is 0 Å². The first-order valence-electron chi connectivity index (χ1n) is 6.20. The molecule has 0 spiro atoms. The third-order valence-corrected chi connectivity index (χ3v) is 2.91. The number of ketones is 2. The maximum absolute atomic E-state index is 12.1. The van der Waals surface area contributed by atoms with Crippen LogP contribution in [-0.4, -0.2) is 16.7 Å². The quantitative estimate of drug-likeness (QED) is 0.675. The monoisotopic (exact) mass is 270 g/mol. The van der Waals surface area contributed by atoms with Gasteiger partial charge in [0.05, 0.1) is 0 Å². The number of benzene rings is 2. The molecule has 0 aliphatic heterocycles. The van der Waals surface area contributed by atoms with E-state index in [0.717, 1.165) is 0 Å². The highest BCUT2D eigenvalue weighted by Gasteiger charge is 2.29. The summed E-state index contributed by atoms with van der Waals surface area (Å²) in [4.78, 5) is 24.3. The number of carbonyl (C=O) groups is 2. The highest BCUT2D eigenvalue weighted by Crippen LogP contribution is 2.29. The highest BCUT2D eigenvalue weighted by atomic mass is 16.3. The van der Waals surface area contributed by atoms with Crippen molar-refractivity contribution in [2.45, 2.75) is 21.3 Å². The van der Waals surface area contributed by atoms with Crippen LogP contribution in [-0.2, 0) is 0 Å². The van der Waals surface area contributed by atoms with Crippen molar-refractivity contribution in [2.75, 3.05) is 0 Å². The average Bonchev–Trinajstić information content (AvgIpc) is 2.47. The Morgan fingerprint density at radius 3 is 1.75 bits per heavy atom. The fourth-order valence-electron chi connectivity index (χ4n) is 2.09. The van der Waals surface area contributed by atoms with Gasteiger partial charge in [0.25, 0.3) is 0 Å². The van der Waals surface area contributed by atoms with E-state index in [9.17, 15) is 14.7 Å². The van der Waals surface area contributed by atoms with Crippen molar-refractivity contribution in [2.24, 2.45) is 0 Å². The molecule has 3 rings (SSSR count). The minimum absolute atomic E-state index is 0. The van der Waals surface area contributed by atoms with Crippen LogP contribution >= 0.6 is 0 Å². The molecule has 1 aliphatic carbocycles.